The molecule has 0 aromatic heterocycles. The molecule has 0 bridgehead atoms. The summed E-state index contributed by atoms with van der Waals surface area (Å²) >= 11 is 0. The van der Waals surface area contributed by atoms with E-state index in [0.29, 0.717) is 25.2 Å². The van der Waals surface area contributed by atoms with Gasteiger partial charge < -0.3 is 10.1 Å². The van der Waals surface area contributed by atoms with Gasteiger partial charge in [-0.15, -0.1) is 0 Å². The highest BCUT2D eigenvalue weighted by Gasteiger charge is 2.48. The fourth-order valence-corrected chi connectivity index (χ4v) is 5.70. The molecule has 1 fully saturated rings. The number of benzene rings is 3. The van der Waals surface area contributed by atoms with E-state index in [2.05, 4.69) is 5.32 Å². The number of ether oxygens (including phenoxy) is 1. The van der Waals surface area contributed by atoms with Gasteiger partial charge in [0, 0.05) is 23.7 Å². The summed E-state index contributed by atoms with van der Waals surface area (Å²) in [5.41, 5.74) is 2.14. The molecule has 0 saturated heterocycles. The third kappa shape index (κ3) is 4.09. The number of hydrogen-bond acceptors (Lipinski definition) is 5. The van der Waals surface area contributed by atoms with E-state index >= 15 is 0 Å². The van der Waals surface area contributed by atoms with Gasteiger partial charge in [0.05, 0.1) is 5.56 Å². The standard InChI is InChI=1S/C25H22N2O5S/c28-24(18-10-13-21-23(14-18)33(30,31)27(25(21)29)20-11-12-20)26-15-19-8-4-5-9-22(19)32-16-17-6-2-1-3-7-17/h1-10,13-14,20H,11-12,15-16H2,(H,26,28). The van der Waals surface area contributed by atoms with Crippen LogP contribution in [0, 0.1) is 0 Å². The van der Waals surface area contributed by atoms with Gasteiger partial charge in [-0.3, -0.25) is 9.59 Å². The maximum atomic E-state index is 12.8. The van der Waals surface area contributed by atoms with Crippen molar-refractivity contribution in [3.8, 4) is 5.75 Å². The van der Waals surface area contributed by atoms with Crippen molar-refractivity contribution < 1.29 is 22.7 Å². The molecule has 1 heterocycles. The van der Waals surface area contributed by atoms with E-state index in [0.717, 1.165) is 15.4 Å². The average Bonchev–Trinajstić information content (AvgIpc) is 3.64. The number of carbonyl (C=O) groups excluding carboxylic acids is 2. The Hall–Kier alpha value is -3.65. The zero-order valence-electron chi connectivity index (χ0n) is 17.7. The number of sulfonamides is 1. The second-order valence-electron chi connectivity index (χ2n) is 8.11. The van der Waals surface area contributed by atoms with E-state index in [1.807, 2.05) is 54.6 Å². The smallest absolute Gasteiger partial charge is 0.269 e. The summed E-state index contributed by atoms with van der Waals surface area (Å²) in [5, 5.41) is 2.82. The number of nitrogens with zero attached hydrogens (tertiary/aromatic N) is 1. The van der Waals surface area contributed by atoms with E-state index in [1.165, 1.54) is 18.2 Å². The van der Waals surface area contributed by atoms with Crippen molar-refractivity contribution in [1.29, 1.82) is 0 Å². The Morgan fingerprint density at radius 2 is 1.73 bits per heavy atom. The van der Waals surface area contributed by atoms with E-state index in [9.17, 15) is 18.0 Å². The van der Waals surface area contributed by atoms with E-state index in [-0.39, 0.29) is 28.6 Å². The first-order valence-electron chi connectivity index (χ1n) is 10.7. The molecule has 5 rings (SSSR count). The minimum absolute atomic E-state index is 0.0985. The summed E-state index contributed by atoms with van der Waals surface area (Å²) < 4.78 is 32.5. The quantitative estimate of drug-likeness (QED) is 0.580. The summed E-state index contributed by atoms with van der Waals surface area (Å²) in [6.45, 7) is 0.612. The SMILES string of the molecule is O=C(NCc1ccccc1OCc1ccccc1)c1ccc2c(c1)S(=O)(=O)N(C1CC1)C2=O. The lowest BCUT2D eigenvalue weighted by molar-refractivity contribution is 0.0863. The van der Waals surface area contributed by atoms with Gasteiger partial charge in [0.1, 0.15) is 17.3 Å². The highest BCUT2D eigenvalue weighted by atomic mass is 32.2. The van der Waals surface area contributed by atoms with Gasteiger partial charge in [0.15, 0.2) is 0 Å². The largest absolute Gasteiger partial charge is 0.489 e. The molecule has 3 aromatic rings. The second-order valence-corrected chi connectivity index (χ2v) is 9.90. The topological polar surface area (TPSA) is 92.8 Å². The Balaban J connectivity index is 1.29. The maximum absolute atomic E-state index is 12.8. The zero-order valence-corrected chi connectivity index (χ0v) is 18.5. The van der Waals surface area contributed by atoms with Crippen LogP contribution < -0.4 is 10.1 Å². The lowest BCUT2D eigenvalue weighted by Crippen LogP contribution is -2.32. The number of amides is 2. The highest BCUT2D eigenvalue weighted by molar-refractivity contribution is 7.90. The van der Waals surface area contributed by atoms with Crippen LogP contribution in [0.25, 0.3) is 0 Å². The van der Waals surface area contributed by atoms with Crippen molar-refractivity contribution in [2.24, 2.45) is 0 Å². The first kappa shape index (κ1) is 21.2. The van der Waals surface area contributed by atoms with Gasteiger partial charge in [-0.2, -0.15) is 0 Å². The van der Waals surface area contributed by atoms with Gasteiger partial charge >= 0.3 is 0 Å². The molecular weight excluding hydrogens is 440 g/mol. The van der Waals surface area contributed by atoms with Crippen molar-refractivity contribution >= 4 is 21.8 Å². The predicted molar refractivity (Wildman–Crippen MR) is 121 cm³/mol. The highest BCUT2D eigenvalue weighted by Crippen LogP contribution is 2.39. The fourth-order valence-electron chi connectivity index (χ4n) is 3.86. The molecule has 1 N–H and O–H groups in total. The Labute approximate surface area is 192 Å². The Bertz CT molecular complexity index is 1330. The van der Waals surface area contributed by atoms with E-state index in [1.54, 1.807) is 0 Å². The van der Waals surface area contributed by atoms with Crippen LogP contribution in [-0.2, 0) is 23.2 Å². The van der Waals surface area contributed by atoms with Crippen molar-refractivity contribution in [1.82, 2.24) is 9.62 Å². The molecule has 8 heteroatoms. The van der Waals surface area contributed by atoms with Crippen molar-refractivity contribution in [3.63, 3.8) is 0 Å². The number of carbonyl (C=O) groups is 2. The zero-order chi connectivity index (χ0) is 23.0. The summed E-state index contributed by atoms with van der Waals surface area (Å²) in [4.78, 5) is 25.2. The van der Waals surface area contributed by atoms with Crippen LogP contribution in [0.5, 0.6) is 5.75 Å². The molecule has 0 atom stereocenters. The van der Waals surface area contributed by atoms with Gasteiger partial charge in [-0.25, -0.2) is 12.7 Å². The van der Waals surface area contributed by atoms with Gasteiger partial charge in [0.2, 0.25) is 0 Å². The molecule has 2 amide bonds. The van der Waals surface area contributed by atoms with E-state index < -0.39 is 21.8 Å². The molecule has 0 spiro atoms. The molecular formula is C25H22N2O5S. The predicted octanol–water partition coefficient (Wildman–Crippen LogP) is 3.50. The summed E-state index contributed by atoms with van der Waals surface area (Å²) in [6, 6.07) is 21.1. The minimum atomic E-state index is -3.91. The average molecular weight is 463 g/mol. The number of nitrogens with one attached hydrogen (secondary N) is 1. The maximum Gasteiger partial charge on any atom is 0.269 e. The Kier molecular flexibility index (Phi) is 5.38. The van der Waals surface area contributed by atoms with Crippen LogP contribution in [0.15, 0.2) is 77.7 Å². The second kappa shape index (κ2) is 8.37. The van der Waals surface area contributed by atoms with Crippen LogP contribution in [0.3, 0.4) is 0 Å². The molecule has 1 aliphatic carbocycles. The molecule has 33 heavy (non-hydrogen) atoms. The lowest BCUT2D eigenvalue weighted by atomic mass is 10.1. The summed E-state index contributed by atoms with van der Waals surface area (Å²) in [6.07, 6.45) is 1.36. The van der Waals surface area contributed by atoms with Crippen LogP contribution >= 0.6 is 0 Å². The first-order chi connectivity index (χ1) is 15.9. The molecule has 2 aliphatic rings. The normalized spacial score (nSPS) is 16.4. The first-order valence-corrected chi connectivity index (χ1v) is 12.1. The third-order valence-corrected chi connectivity index (χ3v) is 7.61. The molecule has 0 unspecified atom stereocenters. The Morgan fingerprint density at radius 1 is 1.00 bits per heavy atom. The monoisotopic (exact) mass is 462 g/mol. The molecule has 168 valence electrons. The number of hydrogen-bond donors (Lipinski definition) is 1. The van der Waals surface area contributed by atoms with Crippen molar-refractivity contribution in [2.75, 3.05) is 0 Å². The van der Waals surface area contributed by atoms with Crippen LogP contribution in [0.4, 0.5) is 0 Å². The van der Waals surface area contributed by atoms with Crippen LogP contribution in [0.2, 0.25) is 0 Å². The van der Waals surface area contributed by atoms with Gasteiger partial charge in [-0.05, 0) is 42.7 Å². The number of para-hydroxylation sites is 1. The third-order valence-electron chi connectivity index (χ3n) is 5.74. The molecule has 1 saturated carbocycles. The minimum Gasteiger partial charge on any atom is -0.489 e. The van der Waals surface area contributed by atoms with Gasteiger partial charge in [-0.1, -0.05) is 48.5 Å². The van der Waals surface area contributed by atoms with Crippen LogP contribution in [0.1, 0.15) is 44.7 Å². The molecule has 1 aliphatic heterocycles. The van der Waals surface area contributed by atoms with E-state index in [4.69, 9.17) is 4.74 Å². The van der Waals surface area contributed by atoms with Crippen molar-refractivity contribution in [2.45, 2.75) is 36.9 Å². The molecule has 7 nitrogen and oxygen atoms in total. The molecule has 3 aromatic carbocycles. The van der Waals surface area contributed by atoms with Gasteiger partial charge in [0.25, 0.3) is 21.8 Å². The van der Waals surface area contributed by atoms with Crippen molar-refractivity contribution in [3.05, 3.63) is 95.1 Å². The number of rotatable bonds is 7. The Morgan fingerprint density at radius 3 is 2.48 bits per heavy atom. The number of fused-ring (bicyclic) bond motifs is 1. The summed E-state index contributed by atoms with van der Waals surface area (Å²) in [7, 11) is -3.91. The lowest BCUT2D eigenvalue weighted by Gasteiger charge is -2.13. The summed E-state index contributed by atoms with van der Waals surface area (Å²) in [5.74, 6) is -0.281. The fraction of sp³-hybridized carbons (Fsp3) is 0.200. The van der Waals surface area contributed by atoms with Crippen LogP contribution in [-0.4, -0.2) is 30.6 Å². The molecule has 0 radical (unpaired) electrons.